The van der Waals surface area contributed by atoms with Crippen LogP contribution in [0.1, 0.15) is 10.4 Å². The van der Waals surface area contributed by atoms with E-state index in [-0.39, 0.29) is 22.8 Å². The lowest BCUT2D eigenvalue weighted by molar-refractivity contribution is -0.113. The molecule has 0 bridgehead atoms. The lowest BCUT2D eigenvalue weighted by Crippen LogP contribution is -2.37. The van der Waals surface area contributed by atoms with Crippen molar-refractivity contribution in [3.63, 3.8) is 0 Å². The lowest BCUT2D eigenvalue weighted by atomic mass is 10.2. The molecule has 0 saturated carbocycles. The van der Waals surface area contributed by atoms with E-state index < -0.39 is 17.2 Å². The summed E-state index contributed by atoms with van der Waals surface area (Å²) in [5.41, 5.74) is 0.555. The number of nitrogens with one attached hydrogen (secondary N) is 1. The van der Waals surface area contributed by atoms with E-state index in [9.17, 15) is 19.2 Å². The number of aromatic nitrogens is 4. The second-order valence-electron chi connectivity index (χ2n) is 6.24. The molecule has 10 nitrogen and oxygen atoms in total. The van der Waals surface area contributed by atoms with Crippen LogP contribution in [0.3, 0.4) is 0 Å². The third-order valence-electron chi connectivity index (χ3n) is 4.36. The van der Waals surface area contributed by atoms with Gasteiger partial charge in [-0.2, -0.15) is 0 Å². The van der Waals surface area contributed by atoms with E-state index in [2.05, 4.69) is 15.0 Å². The summed E-state index contributed by atoms with van der Waals surface area (Å²) in [6.45, 7) is 0. The van der Waals surface area contributed by atoms with Gasteiger partial charge in [-0.05, 0) is 24.3 Å². The maximum absolute atomic E-state index is 12.4. The van der Waals surface area contributed by atoms with Gasteiger partial charge in [0, 0.05) is 26.8 Å². The SMILES string of the molecule is COC(=O)c1ccc(NC(=O)CSc2nc3c(c(=O)n(C)c(=O)n3C)n2C)cc1. The van der Waals surface area contributed by atoms with E-state index in [0.29, 0.717) is 16.4 Å². The summed E-state index contributed by atoms with van der Waals surface area (Å²) in [5, 5.41) is 3.16. The summed E-state index contributed by atoms with van der Waals surface area (Å²) in [4.78, 5) is 52.5. The number of methoxy groups -OCH3 is 1. The zero-order chi connectivity index (χ0) is 21.3. The van der Waals surface area contributed by atoms with Gasteiger partial charge in [0.25, 0.3) is 5.56 Å². The average Bonchev–Trinajstić information content (AvgIpc) is 3.05. The number of hydrogen-bond acceptors (Lipinski definition) is 7. The molecule has 0 unspecified atom stereocenters. The predicted octanol–water partition coefficient (Wildman–Crippen LogP) is 0.488. The molecule has 0 aliphatic heterocycles. The van der Waals surface area contributed by atoms with Crippen molar-refractivity contribution in [2.45, 2.75) is 5.16 Å². The third-order valence-corrected chi connectivity index (χ3v) is 5.39. The van der Waals surface area contributed by atoms with Gasteiger partial charge in [-0.1, -0.05) is 11.8 Å². The molecule has 1 aromatic carbocycles. The van der Waals surface area contributed by atoms with Crippen molar-refractivity contribution in [3.8, 4) is 0 Å². The molecule has 11 heteroatoms. The smallest absolute Gasteiger partial charge is 0.337 e. The molecular formula is C18H19N5O5S. The minimum atomic E-state index is -0.467. The van der Waals surface area contributed by atoms with Crippen LogP contribution >= 0.6 is 11.8 Å². The Morgan fingerprint density at radius 3 is 2.34 bits per heavy atom. The fourth-order valence-corrected chi connectivity index (χ4v) is 3.53. The van der Waals surface area contributed by atoms with Crippen LogP contribution in [0.25, 0.3) is 11.2 Å². The van der Waals surface area contributed by atoms with E-state index in [1.807, 2.05) is 0 Å². The summed E-state index contributed by atoms with van der Waals surface area (Å²) in [6, 6.07) is 6.30. The first-order valence-electron chi connectivity index (χ1n) is 8.48. The monoisotopic (exact) mass is 417 g/mol. The maximum Gasteiger partial charge on any atom is 0.337 e. The molecule has 0 saturated heterocycles. The molecular weight excluding hydrogens is 398 g/mol. The van der Waals surface area contributed by atoms with E-state index in [0.717, 1.165) is 16.3 Å². The highest BCUT2D eigenvalue weighted by Crippen LogP contribution is 2.20. The molecule has 0 atom stereocenters. The topological polar surface area (TPSA) is 117 Å². The summed E-state index contributed by atoms with van der Waals surface area (Å²) >= 11 is 1.14. The highest BCUT2D eigenvalue weighted by molar-refractivity contribution is 7.99. The standard InChI is InChI=1S/C18H19N5O5S/c1-21-13-14(22(2)18(27)23(3)15(13)25)20-17(21)29-9-12(24)19-11-7-5-10(6-8-11)16(26)28-4/h5-8H,9H2,1-4H3,(H,19,24). The zero-order valence-corrected chi connectivity index (χ0v) is 17.1. The number of amides is 1. The third kappa shape index (κ3) is 3.81. The van der Waals surface area contributed by atoms with E-state index in [1.165, 1.54) is 25.8 Å². The Bertz CT molecular complexity index is 1220. The molecule has 0 fully saturated rings. The number of nitrogens with zero attached hydrogens (tertiary/aromatic N) is 4. The Morgan fingerprint density at radius 1 is 1.07 bits per heavy atom. The van der Waals surface area contributed by atoms with Gasteiger partial charge in [0.2, 0.25) is 5.91 Å². The number of carbonyl (C=O) groups excluding carboxylic acids is 2. The minimum absolute atomic E-state index is 0.0458. The lowest BCUT2D eigenvalue weighted by Gasteiger charge is -2.06. The number of esters is 1. The van der Waals surface area contributed by atoms with Gasteiger partial charge in [0.1, 0.15) is 0 Å². The Kier molecular flexibility index (Phi) is 5.59. The van der Waals surface area contributed by atoms with Gasteiger partial charge in [0.15, 0.2) is 16.3 Å². The molecule has 0 aliphatic carbocycles. The van der Waals surface area contributed by atoms with Crippen molar-refractivity contribution < 1.29 is 14.3 Å². The largest absolute Gasteiger partial charge is 0.465 e. The van der Waals surface area contributed by atoms with Crippen molar-refractivity contribution in [2.75, 3.05) is 18.2 Å². The molecule has 2 aromatic heterocycles. The Hall–Kier alpha value is -3.34. The van der Waals surface area contributed by atoms with Crippen LogP contribution in [-0.2, 0) is 30.7 Å². The molecule has 0 spiro atoms. The summed E-state index contributed by atoms with van der Waals surface area (Å²) in [7, 11) is 5.90. The second kappa shape index (κ2) is 7.95. The molecule has 1 amide bonds. The Balaban J connectivity index is 1.74. The van der Waals surface area contributed by atoms with E-state index in [1.54, 1.807) is 35.9 Å². The van der Waals surface area contributed by atoms with Crippen molar-refractivity contribution in [1.82, 2.24) is 18.7 Å². The van der Waals surface area contributed by atoms with Crippen LogP contribution in [0.15, 0.2) is 39.0 Å². The van der Waals surface area contributed by atoms with Crippen molar-refractivity contribution in [3.05, 3.63) is 50.7 Å². The highest BCUT2D eigenvalue weighted by Gasteiger charge is 2.18. The summed E-state index contributed by atoms with van der Waals surface area (Å²) in [5.74, 6) is -0.694. The Morgan fingerprint density at radius 2 is 1.72 bits per heavy atom. The quantitative estimate of drug-likeness (QED) is 0.474. The average molecular weight is 417 g/mol. The van der Waals surface area contributed by atoms with Gasteiger partial charge >= 0.3 is 11.7 Å². The van der Waals surface area contributed by atoms with E-state index >= 15 is 0 Å². The van der Waals surface area contributed by atoms with Gasteiger partial charge < -0.3 is 14.6 Å². The summed E-state index contributed by atoms with van der Waals surface area (Å²) in [6.07, 6.45) is 0. The number of carbonyl (C=O) groups is 2. The van der Waals surface area contributed by atoms with Crippen LogP contribution in [0.4, 0.5) is 5.69 Å². The molecule has 3 rings (SSSR count). The van der Waals surface area contributed by atoms with Crippen molar-refractivity contribution in [1.29, 1.82) is 0 Å². The number of rotatable bonds is 5. The van der Waals surface area contributed by atoms with Gasteiger partial charge in [0.05, 0.1) is 18.4 Å². The molecule has 2 heterocycles. The van der Waals surface area contributed by atoms with E-state index in [4.69, 9.17) is 0 Å². The second-order valence-corrected chi connectivity index (χ2v) is 7.18. The predicted molar refractivity (Wildman–Crippen MR) is 108 cm³/mol. The number of ether oxygens (including phenoxy) is 1. The molecule has 29 heavy (non-hydrogen) atoms. The number of benzene rings is 1. The van der Waals surface area contributed by atoms with Crippen molar-refractivity contribution in [2.24, 2.45) is 21.1 Å². The molecule has 0 aliphatic rings. The number of fused-ring (bicyclic) bond motifs is 1. The van der Waals surface area contributed by atoms with Gasteiger partial charge in [-0.3, -0.25) is 18.7 Å². The fourth-order valence-electron chi connectivity index (χ4n) is 2.76. The van der Waals surface area contributed by atoms with Gasteiger partial charge in [-0.15, -0.1) is 0 Å². The van der Waals surface area contributed by atoms with Crippen LogP contribution in [0.5, 0.6) is 0 Å². The van der Waals surface area contributed by atoms with Crippen LogP contribution in [0.2, 0.25) is 0 Å². The summed E-state index contributed by atoms with van der Waals surface area (Å²) < 4.78 is 8.51. The highest BCUT2D eigenvalue weighted by atomic mass is 32.2. The molecule has 0 radical (unpaired) electrons. The van der Waals surface area contributed by atoms with Crippen molar-refractivity contribution >= 4 is 40.5 Å². The first-order valence-corrected chi connectivity index (χ1v) is 9.46. The molecule has 1 N–H and O–H groups in total. The van der Waals surface area contributed by atoms with Crippen LogP contribution < -0.4 is 16.6 Å². The molecule has 3 aromatic rings. The minimum Gasteiger partial charge on any atom is -0.465 e. The fraction of sp³-hybridized carbons (Fsp3) is 0.278. The number of hydrogen-bond donors (Lipinski definition) is 1. The Labute approximate surface area is 169 Å². The normalized spacial score (nSPS) is 10.9. The number of imidazole rings is 1. The maximum atomic E-state index is 12.4. The van der Waals surface area contributed by atoms with Crippen LogP contribution in [0, 0.1) is 0 Å². The number of aryl methyl sites for hydroxylation is 2. The van der Waals surface area contributed by atoms with Crippen LogP contribution in [-0.4, -0.2) is 43.4 Å². The number of anilines is 1. The first-order chi connectivity index (χ1) is 13.7. The molecule has 152 valence electrons. The number of thioether (sulfide) groups is 1. The van der Waals surface area contributed by atoms with Gasteiger partial charge in [-0.25, -0.2) is 14.6 Å². The first kappa shape index (κ1) is 20.4. The zero-order valence-electron chi connectivity index (χ0n) is 16.3.